The van der Waals surface area contributed by atoms with Crippen LogP contribution in [0.25, 0.3) is 0 Å². The summed E-state index contributed by atoms with van der Waals surface area (Å²) in [5.41, 5.74) is 7.33. The van der Waals surface area contributed by atoms with E-state index in [4.69, 9.17) is 10.5 Å². The zero-order valence-corrected chi connectivity index (χ0v) is 10.2. The van der Waals surface area contributed by atoms with Crippen molar-refractivity contribution >= 4 is 0 Å². The Balaban J connectivity index is 1.60. The quantitative estimate of drug-likeness (QED) is 0.819. The predicted octanol–water partition coefficient (Wildman–Crippen LogP) is 0.283. The summed E-state index contributed by atoms with van der Waals surface area (Å²) in [6.45, 7) is 2.97. The van der Waals surface area contributed by atoms with Crippen molar-refractivity contribution in [2.75, 3.05) is 19.6 Å². The monoisotopic (exact) mass is 236 g/mol. The van der Waals surface area contributed by atoms with Gasteiger partial charge < -0.3 is 10.5 Å². The van der Waals surface area contributed by atoms with Crippen LogP contribution in [0.15, 0.2) is 12.4 Å². The number of ether oxygens (including phenoxy) is 1. The molecule has 2 aliphatic rings. The van der Waals surface area contributed by atoms with Crippen LogP contribution in [0.2, 0.25) is 0 Å². The van der Waals surface area contributed by atoms with Crippen molar-refractivity contribution in [1.82, 2.24) is 14.7 Å². The molecule has 2 aliphatic heterocycles. The van der Waals surface area contributed by atoms with E-state index >= 15 is 0 Å². The largest absolute Gasteiger partial charge is 0.372 e. The van der Waals surface area contributed by atoms with Crippen LogP contribution in [0.1, 0.15) is 24.4 Å². The molecule has 3 rings (SSSR count). The fraction of sp³-hybridized carbons (Fsp3) is 0.750. The van der Waals surface area contributed by atoms with E-state index in [1.807, 2.05) is 19.4 Å². The van der Waals surface area contributed by atoms with Gasteiger partial charge in [-0.05, 0) is 12.8 Å². The van der Waals surface area contributed by atoms with Crippen LogP contribution in [0.4, 0.5) is 0 Å². The Hall–Kier alpha value is -0.910. The van der Waals surface area contributed by atoms with Gasteiger partial charge in [0.1, 0.15) is 0 Å². The van der Waals surface area contributed by atoms with Crippen LogP contribution in [-0.4, -0.2) is 46.5 Å². The van der Waals surface area contributed by atoms with Gasteiger partial charge >= 0.3 is 0 Å². The molecule has 3 atom stereocenters. The van der Waals surface area contributed by atoms with Crippen molar-refractivity contribution in [2.24, 2.45) is 12.8 Å². The average Bonchev–Trinajstić information content (AvgIpc) is 2.85. The topological polar surface area (TPSA) is 56.3 Å². The highest BCUT2D eigenvalue weighted by molar-refractivity contribution is 5.10. The second-order valence-electron chi connectivity index (χ2n) is 5.23. The fourth-order valence-electron chi connectivity index (χ4n) is 2.86. The van der Waals surface area contributed by atoms with Crippen molar-refractivity contribution < 1.29 is 4.74 Å². The number of hydrogen-bond acceptors (Lipinski definition) is 4. The van der Waals surface area contributed by atoms with Gasteiger partial charge in [0.2, 0.25) is 0 Å². The van der Waals surface area contributed by atoms with Gasteiger partial charge in [0.05, 0.1) is 18.4 Å². The van der Waals surface area contributed by atoms with Crippen LogP contribution in [0, 0.1) is 0 Å². The minimum atomic E-state index is 0.0567. The smallest absolute Gasteiger partial charge is 0.0707 e. The molecule has 2 fully saturated rings. The lowest BCUT2D eigenvalue weighted by Gasteiger charge is -2.33. The van der Waals surface area contributed by atoms with Crippen LogP contribution < -0.4 is 5.73 Å². The highest BCUT2D eigenvalue weighted by Crippen LogP contribution is 2.27. The number of aromatic nitrogens is 2. The Kier molecular flexibility index (Phi) is 2.90. The summed E-state index contributed by atoms with van der Waals surface area (Å²) < 4.78 is 7.62. The maximum absolute atomic E-state index is 6.21. The van der Waals surface area contributed by atoms with Crippen molar-refractivity contribution in [3.8, 4) is 0 Å². The Bertz CT molecular complexity index is 380. The molecule has 5 heteroatoms. The molecule has 2 saturated heterocycles. The molecular weight excluding hydrogens is 216 g/mol. The summed E-state index contributed by atoms with van der Waals surface area (Å²) in [6.07, 6.45) is 7.16. The van der Waals surface area contributed by atoms with E-state index in [-0.39, 0.29) is 6.04 Å². The Labute approximate surface area is 102 Å². The van der Waals surface area contributed by atoms with Crippen molar-refractivity contribution in [1.29, 1.82) is 0 Å². The van der Waals surface area contributed by atoms with Crippen LogP contribution in [0.3, 0.4) is 0 Å². The summed E-state index contributed by atoms with van der Waals surface area (Å²) in [5, 5.41) is 4.17. The van der Waals surface area contributed by atoms with Gasteiger partial charge in [-0.2, -0.15) is 5.10 Å². The van der Waals surface area contributed by atoms with E-state index in [1.54, 1.807) is 4.68 Å². The first kappa shape index (κ1) is 11.2. The van der Waals surface area contributed by atoms with Crippen molar-refractivity contribution in [3.05, 3.63) is 18.0 Å². The lowest BCUT2D eigenvalue weighted by molar-refractivity contribution is -0.0397. The molecule has 0 spiro atoms. The number of rotatable bonds is 3. The van der Waals surface area contributed by atoms with Crippen LogP contribution in [0.5, 0.6) is 0 Å². The number of fused-ring (bicyclic) bond motifs is 2. The van der Waals surface area contributed by atoms with Crippen molar-refractivity contribution in [2.45, 2.75) is 31.1 Å². The molecule has 3 heterocycles. The normalized spacial score (nSPS) is 30.7. The molecule has 0 aliphatic carbocycles. The summed E-state index contributed by atoms with van der Waals surface area (Å²) in [5.74, 6) is 0. The molecule has 5 nitrogen and oxygen atoms in total. The highest BCUT2D eigenvalue weighted by atomic mass is 16.5. The van der Waals surface area contributed by atoms with Gasteiger partial charge in [0, 0.05) is 44.5 Å². The third kappa shape index (κ3) is 2.36. The lowest BCUT2D eigenvalue weighted by atomic mass is 10.1. The molecule has 0 radical (unpaired) electrons. The molecule has 17 heavy (non-hydrogen) atoms. The maximum atomic E-state index is 6.21. The summed E-state index contributed by atoms with van der Waals surface area (Å²) in [6, 6.07) is 0.0567. The Morgan fingerprint density at radius 2 is 2.18 bits per heavy atom. The number of likely N-dealkylation sites (tertiary alicyclic amines) is 1. The minimum Gasteiger partial charge on any atom is -0.372 e. The van der Waals surface area contributed by atoms with Gasteiger partial charge in [-0.1, -0.05) is 0 Å². The molecular formula is C12H20N4O. The number of aryl methyl sites for hydroxylation is 1. The van der Waals surface area contributed by atoms with E-state index in [0.717, 1.165) is 25.2 Å². The molecule has 0 saturated carbocycles. The zero-order chi connectivity index (χ0) is 11.8. The van der Waals surface area contributed by atoms with Gasteiger partial charge in [0.15, 0.2) is 0 Å². The molecule has 0 aromatic carbocycles. The SMILES string of the molecule is Cn1cc(C(N)CN2CC3CCC(C2)O3)cn1. The highest BCUT2D eigenvalue weighted by Gasteiger charge is 2.34. The number of nitrogens with zero attached hydrogens (tertiary/aromatic N) is 3. The maximum Gasteiger partial charge on any atom is 0.0707 e. The first-order valence-corrected chi connectivity index (χ1v) is 6.32. The van der Waals surface area contributed by atoms with E-state index in [1.165, 1.54) is 12.8 Å². The van der Waals surface area contributed by atoms with E-state index in [9.17, 15) is 0 Å². The van der Waals surface area contributed by atoms with Gasteiger partial charge in [-0.15, -0.1) is 0 Å². The van der Waals surface area contributed by atoms with E-state index in [2.05, 4.69) is 10.00 Å². The zero-order valence-electron chi connectivity index (χ0n) is 10.2. The van der Waals surface area contributed by atoms with E-state index < -0.39 is 0 Å². The molecule has 2 N–H and O–H groups in total. The van der Waals surface area contributed by atoms with Crippen LogP contribution in [-0.2, 0) is 11.8 Å². The van der Waals surface area contributed by atoms with Crippen molar-refractivity contribution in [3.63, 3.8) is 0 Å². The second-order valence-corrected chi connectivity index (χ2v) is 5.23. The van der Waals surface area contributed by atoms with Crippen LogP contribution >= 0.6 is 0 Å². The molecule has 94 valence electrons. The summed E-state index contributed by atoms with van der Waals surface area (Å²) in [4.78, 5) is 2.43. The number of nitrogens with two attached hydrogens (primary N) is 1. The van der Waals surface area contributed by atoms with Gasteiger partial charge in [0.25, 0.3) is 0 Å². The van der Waals surface area contributed by atoms with Gasteiger partial charge in [-0.25, -0.2) is 0 Å². The predicted molar refractivity (Wildman–Crippen MR) is 64.5 cm³/mol. The third-order valence-electron chi connectivity index (χ3n) is 3.73. The molecule has 2 bridgehead atoms. The lowest BCUT2D eigenvalue weighted by Crippen LogP contribution is -2.45. The Morgan fingerprint density at radius 1 is 1.47 bits per heavy atom. The fourth-order valence-corrected chi connectivity index (χ4v) is 2.86. The van der Waals surface area contributed by atoms with E-state index in [0.29, 0.717) is 12.2 Å². The minimum absolute atomic E-state index is 0.0567. The van der Waals surface area contributed by atoms with Gasteiger partial charge in [-0.3, -0.25) is 9.58 Å². The summed E-state index contributed by atoms with van der Waals surface area (Å²) >= 11 is 0. The second kappa shape index (κ2) is 4.40. The molecule has 0 amide bonds. The first-order valence-electron chi connectivity index (χ1n) is 6.32. The molecule has 3 unspecified atom stereocenters. The standard InChI is InChI=1S/C12H20N4O/c1-15-5-9(4-14-15)12(13)8-16-6-10-2-3-11(7-16)17-10/h4-5,10-12H,2-3,6-8,13H2,1H3. The molecule has 1 aromatic rings. The molecule has 1 aromatic heterocycles. The summed E-state index contributed by atoms with van der Waals surface area (Å²) in [7, 11) is 1.92. The third-order valence-corrected chi connectivity index (χ3v) is 3.73. The first-order chi connectivity index (χ1) is 8.20. The number of morpholine rings is 1. The average molecular weight is 236 g/mol. The number of hydrogen-bond donors (Lipinski definition) is 1. The Morgan fingerprint density at radius 3 is 2.76 bits per heavy atom.